The first kappa shape index (κ1) is 13.3. The first-order valence-corrected chi connectivity index (χ1v) is 7.18. The zero-order valence-electron chi connectivity index (χ0n) is 11.8. The van der Waals surface area contributed by atoms with E-state index in [1.54, 1.807) is 6.92 Å². The van der Waals surface area contributed by atoms with Gasteiger partial charge in [-0.15, -0.1) is 0 Å². The fraction of sp³-hybridized carbons (Fsp3) is 0.588. The van der Waals surface area contributed by atoms with Gasteiger partial charge in [-0.05, 0) is 36.8 Å². The molecule has 0 N–H and O–H groups in total. The van der Waals surface area contributed by atoms with Crippen LogP contribution < -0.4 is 0 Å². The van der Waals surface area contributed by atoms with Gasteiger partial charge in [-0.25, -0.2) is 0 Å². The van der Waals surface area contributed by atoms with Crippen LogP contribution in [0.15, 0.2) is 24.3 Å². The molecule has 0 spiro atoms. The third-order valence-electron chi connectivity index (χ3n) is 4.51. The molecule has 1 heteroatoms. The van der Waals surface area contributed by atoms with E-state index in [1.165, 1.54) is 30.4 Å². The van der Waals surface area contributed by atoms with Crippen molar-refractivity contribution in [3.63, 3.8) is 0 Å². The third-order valence-corrected chi connectivity index (χ3v) is 4.51. The molecule has 1 aliphatic rings. The van der Waals surface area contributed by atoms with Crippen LogP contribution in [-0.2, 0) is 10.2 Å². The third kappa shape index (κ3) is 2.36. The molecule has 0 amide bonds. The Morgan fingerprint density at radius 3 is 2.06 bits per heavy atom. The van der Waals surface area contributed by atoms with E-state index in [0.717, 1.165) is 12.8 Å². The van der Waals surface area contributed by atoms with Gasteiger partial charge in [0.05, 0.1) is 5.41 Å². The SMILES string of the molecule is CC(=O)C1(c2ccc(C(C)C)cc2)CCCCC1. The molecule has 0 aromatic heterocycles. The molecule has 1 fully saturated rings. The molecule has 1 aromatic rings. The zero-order chi connectivity index (χ0) is 13.2. The van der Waals surface area contributed by atoms with Gasteiger partial charge in [0, 0.05) is 0 Å². The van der Waals surface area contributed by atoms with Crippen LogP contribution in [0.25, 0.3) is 0 Å². The lowest BCUT2D eigenvalue weighted by atomic mass is 9.67. The van der Waals surface area contributed by atoms with Crippen molar-refractivity contribution in [3.05, 3.63) is 35.4 Å². The highest BCUT2D eigenvalue weighted by atomic mass is 16.1. The largest absolute Gasteiger partial charge is 0.299 e. The van der Waals surface area contributed by atoms with Crippen LogP contribution in [0.1, 0.15) is 69.9 Å². The molecule has 1 aliphatic carbocycles. The Morgan fingerprint density at radius 2 is 1.61 bits per heavy atom. The number of carbonyl (C=O) groups is 1. The first-order valence-electron chi connectivity index (χ1n) is 7.18. The molecule has 0 atom stereocenters. The Balaban J connectivity index is 2.34. The standard InChI is InChI=1S/C17H24O/c1-13(2)15-7-9-16(10-8-15)17(14(3)18)11-5-4-6-12-17/h7-10,13H,4-6,11-12H2,1-3H3. The quantitative estimate of drug-likeness (QED) is 0.759. The summed E-state index contributed by atoms with van der Waals surface area (Å²) in [6.45, 7) is 6.17. The van der Waals surface area contributed by atoms with Gasteiger partial charge in [0.25, 0.3) is 0 Å². The van der Waals surface area contributed by atoms with E-state index in [-0.39, 0.29) is 5.41 Å². The number of ketones is 1. The fourth-order valence-corrected chi connectivity index (χ4v) is 3.19. The molecule has 1 saturated carbocycles. The van der Waals surface area contributed by atoms with Crippen molar-refractivity contribution in [1.82, 2.24) is 0 Å². The molecular weight excluding hydrogens is 220 g/mol. The molecule has 0 unspecified atom stereocenters. The van der Waals surface area contributed by atoms with Crippen LogP contribution >= 0.6 is 0 Å². The minimum atomic E-state index is -0.187. The summed E-state index contributed by atoms with van der Waals surface area (Å²) < 4.78 is 0. The van der Waals surface area contributed by atoms with E-state index >= 15 is 0 Å². The highest BCUT2D eigenvalue weighted by Gasteiger charge is 2.38. The van der Waals surface area contributed by atoms with E-state index in [0.29, 0.717) is 11.7 Å². The predicted molar refractivity (Wildman–Crippen MR) is 76.0 cm³/mol. The summed E-state index contributed by atoms with van der Waals surface area (Å²) in [6.07, 6.45) is 5.71. The van der Waals surface area contributed by atoms with E-state index in [2.05, 4.69) is 38.1 Å². The molecule has 18 heavy (non-hydrogen) atoms. The highest BCUT2D eigenvalue weighted by molar-refractivity contribution is 5.88. The van der Waals surface area contributed by atoms with Crippen molar-refractivity contribution in [2.45, 2.75) is 64.2 Å². The van der Waals surface area contributed by atoms with Crippen molar-refractivity contribution in [2.24, 2.45) is 0 Å². The average molecular weight is 244 g/mol. The Hall–Kier alpha value is -1.11. The lowest BCUT2D eigenvalue weighted by Crippen LogP contribution is -2.36. The Bertz CT molecular complexity index is 408. The monoisotopic (exact) mass is 244 g/mol. The number of hydrogen-bond acceptors (Lipinski definition) is 1. The van der Waals surface area contributed by atoms with Gasteiger partial charge in [-0.1, -0.05) is 57.4 Å². The predicted octanol–water partition coefficient (Wildman–Crippen LogP) is 4.60. The lowest BCUT2D eigenvalue weighted by molar-refractivity contribution is -0.123. The second kappa shape index (κ2) is 5.26. The molecule has 0 saturated heterocycles. The van der Waals surface area contributed by atoms with Gasteiger partial charge >= 0.3 is 0 Å². The van der Waals surface area contributed by atoms with Gasteiger partial charge in [0.15, 0.2) is 0 Å². The van der Waals surface area contributed by atoms with Crippen molar-refractivity contribution in [1.29, 1.82) is 0 Å². The van der Waals surface area contributed by atoms with Crippen LogP contribution in [0.2, 0.25) is 0 Å². The molecular formula is C17H24O. The van der Waals surface area contributed by atoms with Crippen molar-refractivity contribution < 1.29 is 4.79 Å². The fourth-order valence-electron chi connectivity index (χ4n) is 3.19. The molecule has 2 rings (SSSR count). The summed E-state index contributed by atoms with van der Waals surface area (Å²) in [5.74, 6) is 0.901. The summed E-state index contributed by atoms with van der Waals surface area (Å²) in [7, 11) is 0. The number of rotatable bonds is 3. The normalized spacial score (nSPS) is 18.9. The molecule has 0 aliphatic heterocycles. The summed E-state index contributed by atoms with van der Waals surface area (Å²) in [5, 5.41) is 0. The van der Waals surface area contributed by atoms with E-state index in [9.17, 15) is 4.79 Å². The zero-order valence-corrected chi connectivity index (χ0v) is 11.8. The maximum Gasteiger partial charge on any atom is 0.140 e. The van der Waals surface area contributed by atoms with E-state index in [1.807, 2.05) is 0 Å². The van der Waals surface area contributed by atoms with Crippen LogP contribution in [0.3, 0.4) is 0 Å². The van der Waals surface area contributed by atoms with Crippen LogP contribution in [-0.4, -0.2) is 5.78 Å². The van der Waals surface area contributed by atoms with Crippen molar-refractivity contribution >= 4 is 5.78 Å². The van der Waals surface area contributed by atoms with Crippen molar-refractivity contribution in [2.75, 3.05) is 0 Å². The molecule has 0 heterocycles. The number of benzene rings is 1. The van der Waals surface area contributed by atoms with Crippen LogP contribution in [0.4, 0.5) is 0 Å². The second-order valence-electron chi connectivity index (χ2n) is 5.98. The minimum Gasteiger partial charge on any atom is -0.299 e. The molecule has 0 bridgehead atoms. The van der Waals surface area contributed by atoms with E-state index in [4.69, 9.17) is 0 Å². The summed E-state index contributed by atoms with van der Waals surface area (Å²) >= 11 is 0. The first-order chi connectivity index (χ1) is 8.56. The number of hydrogen-bond donors (Lipinski definition) is 0. The molecule has 0 radical (unpaired) electrons. The minimum absolute atomic E-state index is 0.187. The molecule has 1 aromatic carbocycles. The van der Waals surface area contributed by atoms with Gasteiger partial charge in [-0.2, -0.15) is 0 Å². The Labute approximate surface area is 111 Å². The smallest absolute Gasteiger partial charge is 0.140 e. The Morgan fingerprint density at radius 1 is 1.06 bits per heavy atom. The van der Waals surface area contributed by atoms with Crippen molar-refractivity contribution in [3.8, 4) is 0 Å². The highest BCUT2D eigenvalue weighted by Crippen LogP contribution is 2.40. The topological polar surface area (TPSA) is 17.1 Å². The van der Waals surface area contributed by atoms with Gasteiger partial charge in [-0.3, -0.25) is 4.79 Å². The maximum absolute atomic E-state index is 12.1. The Kier molecular flexibility index (Phi) is 3.89. The van der Waals surface area contributed by atoms with Gasteiger partial charge in [0.2, 0.25) is 0 Å². The summed E-state index contributed by atoms with van der Waals surface area (Å²) in [4.78, 5) is 12.1. The van der Waals surface area contributed by atoms with E-state index < -0.39 is 0 Å². The molecule has 98 valence electrons. The van der Waals surface area contributed by atoms with Gasteiger partial charge < -0.3 is 0 Å². The average Bonchev–Trinajstić information content (AvgIpc) is 2.39. The maximum atomic E-state index is 12.1. The lowest BCUT2D eigenvalue weighted by Gasteiger charge is -2.35. The van der Waals surface area contributed by atoms with Crippen LogP contribution in [0.5, 0.6) is 0 Å². The van der Waals surface area contributed by atoms with Crippen LogP contribution in [0, 0.1) is 0 Å². The molecule has 1 nitrogen and oxygen atoms in total. The summed E-state index contributed by atoms with van der Waals surface area (Å²) in [5.41, 5.74) is 2.40. The second-order valence-corrected chi connectivity index (χ2v) is 5.98. The number of carbonyl (C=O) groups excluding carboxylic acids is 1. The summed E-state index contributed by atoms with van der Waals surface area (Å²) in [6, 6.07) is 8.75. The van der Waals surface area contributed by atoms with Gasteiger partial charge in [0.1, 0.15) is 5.78 Å². The number of Topliss-reactive ketones (excluding diaryl/α,β-unsaturated/α-hetero) is 1.